The van der Waals surface area contributed by atoms with Crippen molar-refractivity contribution in [2.45, 2.75) is 0 Å². The molecule has 0 unspecified atom stereocenters. The number of aromatic nitrogens is 1. The second-order valence-electron chi connectivity index (χ2n) is 2.95. The first kappa shape index (κ1) is 11.2. The Hall–Kier alpha value is -0.328. The van der Waals surface area contributed by atoms with Crippen LogP contribution in [0.3, 0.4) is 0 Å². The molecule has 1 aliphatic heterocycles. The van der Waals surface area contributed by atoms with E-state index in [2.05, 4.69) is 24.4 Å². The summed E-state index contributed by atoms with van der Waals surface area (Å²) < 4.78 is 1.92. The zero-order valence-electron chi connectivity index (χ0n) is 7.56. The maximum absolute atomic E-state index is 6.09. The van der Waals surface area contributed by atoms with Gasteiger partial charge in [0.05, 0.1) is 0 Å². The Morgan fingerprint density at radius 2 is 2.20 bits per heavy atom. The van der Waals surface area contributed by atoms with E-state index in [-0.39, 0.29) is 0 Å². The maximum atomic E-state index is 6.09. The van der Waals surface area contributed by atoms with Gasteiger partial charge in [-0.05, 0) is 0 Å². The third kappa shape index (κ3) is 2.27. The van der Waals surface area contributed by atoms with Gasteiger partial charge in [-0.25, -0.2) is 0 Å². The van der Waals surface area contributed by atoms with Gasteiger partial charge < -0.3 is 0 Å². The Labute approximate surface area is 109 Å². The van der Waals surface area contributed by atoms with Gasteiger partial charge in [-0.3, -0.25) is 0 Å². The van der Waals surface area contributed by atoms with Gasteiger partial charge in [0.15, 0.2) is 0 Å². The average Bonchev–Trinajstić information content (AvgIpc) is 2.23. The number of allylic oxidation sites excluding steroid dienone is 2. The van der Waals surface area contributed by atoms with E-state index in [1.807, 2.05) is 21.8 Å². The first-order valence-corrected chi connectivity index (χ1v) is 5.73. The molecule has 0 aromatic carbocycles. The molecule has 2 nitrogen and oxygen atoms in total. The number of halogens is 2. The van der Waals surface area contributed by atoms with Gasteiger partial charge in [-0.15, -0.1) is 0 Å². The van der Waals surface area contributed by atoms with Crippen LogP contribution in [-0.2, 0) is 19.4 Å². The molecule has 0 fully saturated rings. The van der Waals surface area contributed by atoms with E-state index in [1.165, 1.54) is 0 Å². The summed E-state index contributed by atoms with van der Waals surface area (Å²) >= 11 is 15.2. The van der Waals surface area contributed by atoms with Crippen LogP contribution in [0.5, 0.6) is 0 Å². The third-order valence-electron chi connectivity index (χ3n) is 1.98. The zero-order valence-corrected chi connectivity index (χ0v) is 10.6. The summed E-state index contributed by atoms with van der Waals surface area (Å²) in [5.41, 5.74) is 1.62. The van der Waals surface area contributed by atoms with Crippen molar-refractivity contribution in [3.8, 4) is 0 Å². The molecule has 81 valence electrons. The second kappa shape index (κ2) is 4.67. The Balaban J connectivity index is 2.49. The Morgan fingerprint density at radius 1 is 1.40 bits per heavy atom. The summed E-state index contributed by atoms with van der Waals surface area (Å²) in [4.78, 5) is 4.23. The van der Waals surface area contributed by atoms with Crippen LogP contribution < -0.4 is 0 Å². The van der Waals surface area contributed by atoms with Crippen LogP contribution in [0.2, 0.25) is 10.0 Å². The van der Waals surface area contributed by atoms with E-state index in [9.17, 15) is 0 Å². The van der Waals surface area contributed by atoms with Gasteiger partial charge in [0.25, 0.3) is 0 Å². The second-order valence-corrected chi connectivity index (χ2v) is 4.57. The van der Waals surface area contributed by atoms with Crippen LogP contribution in [0.15, 0.2) is 30.5 Å². The summed E-state index contributed by atoms with van der Waals surface area (Å²) in [7, 11) is 0. The summed E-state index contributed by atoms with van der Waals surface area (Å²) in [5.74, 6) is 0. The fraction of sp³-hybridized carbons (Fsp3) is 0.100. The van der Waals surface area contributed by atoms with E-state index < -0.39 is 0 Å². The number of hydrogen-bond donors (Lipinski definition) is 0. The fourth-order valence-corrected chi connectivity index (χ4v) is 2.07. The van der Waals surface area contributed by atoms with Crippen LogP contribution in [0, 0.1) is 0 Å². The van der Waals surface area contributed by atoms with Crippen LogP contribution in [0.4, 0.5) is 0 Å². The normalized spacial score (nSPS) is 15.5. The monoisotopic (exact) mass is 331 g/mol. The summed E-state index contributed by atoms with van der Waals surface area (Å²) in [6.45, 7) is 0.791. The van der Waals surface area contributed by atoms with E-state index in [0.717, 1.165) is 12.2 Å². The molecule has 15 heavy (non-hydrogen) atoms. The minimum atomic E-state index is 0.483. The Morgan fingerprint density at radius 3 is 2.93 bits per heavy atom. The van der Waals surface area contributed by atoms with Crippen molar-refractivity contribution in [2.24, 2.45) is 0 Å². The van der Waals surface area contributed by atoms with E-state index in [0.29, 0.717) is 15.7 Å². The van der Waals surface area contributed by atoms with Gasteiger partial charge in [0.1, 0.15) is 0 Å². The van der Waals surface area contributed by atoms with Crippen molar-refractivity contribution in [1.29, 1.82) is 0 Å². The fourth-order valence-electron chi connectivity index (χ4n) is 1.27. The molecule has 5 heteroatoms. The molecule has 1 aliphatic rings. The van der Waals surface area contributed by atoms with E-state index >= 15 is 0 Å². The molecule has 2 rings (SSSR count). The van der Waals surface area contributed by atoms with Gasteiger partial charge in [0, 0.05) is 0 Å². The standard InChI is InChI=1S/C10H7Cl2N2.Pd/c11-7-4-6-14-10(9(7)12)8-3-1-2-5-13-8;/h1-4,6H,5H2;/q-1;+1. The molecule has 0 saturated carbocycles. The van der Waals surface area contributed by atoms with Gasteiger partial charge in [-0.2, -0.15) is 0 Å². The number of hydrogen-bond acceptors (Lipinski definition) is 2. The molecule has 2 heterocycles. The van der Waals surface area contributed by atoms with E-state index in [4.69, 9.17) is 23.2 Å². The molecule has 0 bridgehead atoms. The number of rotatable bonds is 1. The molecular weight excluding hydrogens is 325 g/mol. The van der Waals surface area contributed by atoms with Crippen LogP contribution >= 0.6 is 23.2 Å². The van der Waals surface area contributed by atoms with Crippen molar-refractivity contribution >= 4 is 28.9 Å². The third-order valence-corrected chi connectivity index (χ3v) is 3.43. The van der Waals surface area contributed by atoms with Crippen LogP contribution in [-0.4, -0.2) is 15.1 Å². The van der Waals surface area contributed by atoms with Crippen molar-refractivity contribution in [3.05, 3.63) is 46.2 Å². The van der Waals surface area contributed by atoms with Crippen LogP contribution in [0.1, 0.15) is 5.69 Å². The van der Waals surface area contributed by atoms with Gasteiger partial charge >= 0.3 is 110 Å². The van der Waals surface area contributed by atoms with Crippen molar-refractivity contribution < 1.29 is 19.4 Å². The molecule has 0 aliphatic carbocycles. The average molecular weight is 333 g/mol. The van der Waals surface area contributed by atoms with E-state index in [1.54, 1.807) is 12.3 Å². The molecule has 0 saturated heterocycles. The summed E-state index contributed by atoms with van der Waals surface area (Å²) in [6.07, 6.45) is 7.59. The predicted octanol–water partition coefficient (Wildman–Crippen LogP) is 3.06. The Bertz CT molecular complexity index is 443. The molecule has 0 atom stereocenters. The Kier molecular flexibility index (Phi) is 3.48. The molecular formula is C10H7Cl2N2Pd. The molecule has 1 aromatic rings. The summed E-state index contributed by atoms with van der Waals surface area (Å²) in [5, 5.41) is 0.999. The number of nitrogens with zero attached hydrogens (tertiary/aromatic N) is 2. The van der Waals surface area contributed by atoms with Crippen LogP contribution in [0.25, 0.3) is 5.70 Å². The van der Waals surface area contributed by atoms with Gasteiger partial charge in [-0.1, -0.05) is 0 Å². The predicted molar refractivity (Wildman–Crippen MR) is 58.1 cm³/mol. The van der Waals surface area contributed by atoms with Crippen molar-refractivity contribution in [1.82, 2.24) is 8.52 Å². The molecule has 0 spiro atoms. The quantitative estimate of drug-likeness (QED) is 0.735. The first-order valence-electron chi connectivity index (χ1n) is 4.28. The molecule has 0 amide bonds. The van der Waals surface area contributed by atoms with Crippen molar-refractivity contribution in [3.63, 3.8) is 0 Å². The number of pyridine rings is 1. The SMILES string of the molecule is Clc1ccnc(C2=CC=CC[N]2[Pd])c1Cl. The first-order chi connectivity index (χ1) is 7.20. The topological polar surface area (TPSA) is 16.1 Å². The molecule has 1 aromatic heterocycles. The molecule has 0 radical (unpaired) electrons. The molecule has 0 N–H and O–H groups in total. The summed E-state index contributed by atoms with van der Waals surface area (Å²) in [6, 6.07) is 1.67. The zero-order chi connectivity index (χ0) is 10.8. The van der Waals surface area contributed by atoms with Gasteiger partial charge in [0.2, 0.25) is 0 Å². The minimum absolute atomic E-state index is 0.483. The van der Waals surface area contributed by atoms with Crippen molar-refractivity contribution in [2.75, 3.05) is 6.54 Å².